The third-order valence-corrected chi connectivity index (χ3v) is 6.16. The van der Waals surface area contributed by atoms with Crippen LogP contribution in [-0.4, -0.2) is 53.5 Å². The summed E-state index contributed by atoms with van der Waals surface area (Å²) >= 11 is 0. The number of pyridine rings is 1. The molecule has 1 amide bonds. The number of ether oxygens (including phenoxy) is 2. The summed E-state index contributed by atoms with van der Waals surface area (Å²) in [5.74, 6) is 0.505. The summed E-state index contributed by atoms with van der Waals surface area (Å²) < 4.78 is 11.8. The number of rotatable bonds is 10. The van der Waals surface area contributed by atoms with E-state index in [1.807, 2.05) is 6.20 Å². The number of hydrogen-bond donors (Lipinski definition) is 3. The van der Waals surface area contributed by atoms with Crippen LogP contribution in [0.1, 0.15) is 70.5 Å². The molecule has 1 aromatic rings. The highest BCUT2D eigenvalue weighted by atomic mass is 16.5. The minimum atomic E-state index is -0.793. The van der Waals surface area contributed by atoms with Gasteiger partial charge in [0.15, 0.2) is 0 Å². The van der Waals surface area contributed by atoms with Gasteiger partial charge in [-0.25, -0.2) is 4.98 Å². The van der Waals surface area contributed by atoms with E-state index in [4.69, 9.17) is 9.47 Å². The van der Waals surface area contributed by atoms with Gasteiger partial charge in [0.05, 0.1) is 25.4 Å². The van der Waals surface area contributed by atoms with Crippen LogP contribution in [0.5, 0.6) is 5.88 Å². The van der Waals surface area contributed by atoms with Crippen LogP contribution in [0.3, 0.4) is 0 Å². The molecule has 0 bridgehead atoms. The Bertz CT molecular complexity index is 801. The number of nitrogens with one attached hydrogen (secondary N) is 2. The lowest BCUT2D eigenvalue weighted by Gasteiger charge is -2.47. The third-order valence-electron chi connectivity index (χ3n) is 6.16. The molecule has 3 atom stereocenters. The monoisotopic (exact) mass is 445 g/mol. The van der Waals surface area contributed by atoms with E-state index in [1.54, 1.807) is 6.08 Å². The molecular formula is C25H39N3O4. The van der Waals surface area contributed by atoms with E-state index in [2.05, 4.69) is 49.0 Å². The molecule has 0 radical (unpaired) electrons. The number of aliphatic hydroxyl groups is 1. The van der Waals surface area contributed by atoms with Crippen molar-refractivity contribution < 1.29 is 19.4 Å². The maximum atomic E-state index is 11.6. The Balaban J connectivity index is 1.73. The normalized spacial score (nSPS) is 21.1. The first-order chi connectivity index (χ1) is 15.1. The average molecular weight is 446 g/mol. The first kappa shape index (κ1) is 24.7. The topological polar surface area (TPSA) is 92.7 Å². The summed E-state index contributed by atoms with van der Waals surface area (Å²) in [6, 6.07) is 1.73. The quantitative estimate of drug-likeness (QED) is 0.379. The van der Waals surface area contributed by atoms with Gasteiger partial charge in [0.2, 0.25) is 11.8 Å². The molecule has 0 unspecified atom stereocenters. The van der Waals surface area contributed by atoms with Gasteiger partial charge in [-0.3, -0.25) is 4.79 Å². The second-order valence-corrected chi connectivity index (χ2v) is 10.5. The highest BCUT2D eigenvalue weighted by Gasteiger charge is 2.46. The molecular weight excluding hydrogens is 406 g/mol. The Hall–Kier alpha value is -1.96. The van der Waals surface area contributed by atoms with Crippen molar-refractivity contribution >= 4 is 5.91 Å². The second kappa shape index (κ2) is 10.3. The molecule has 2 heterocycles. The van der Waals surface area contributed by atoms with Crippen molar-refractivity contribution in [2.24, 2.45) is 5.41 Å². The van der Waals surface area contributed by atoms with Crippen LogP contribution in [0, 0.1) is 5.41 Å². The Labute approximate surface area is 192 Å². The molecule has 2 aliphatic rings. The molecule has 178 valence electrons. The second-order valence-electron chi connectivity index (χ2n) is 10.5. The Morgan fingerprint density at radius 3 is 2.81 bits per heavy atom. The Morgan fingerprint density at radius 2 is 2.22 bits per heavy atom. The van der Waals surface area contributed by atoms with Crippen LogP contribution in [0.4, 0.5) is 0 Å². The lowest BCUT2D eigenvalue weighted by atomic mass is 9.73. The maximum Gasteiger partial charge on any atom is 0.218 e. The van der Waals surface area contributed by atoms with Crippen molar-refractivity contribution in [1.82, 2.24) is 15.6 Å². The molecule has 1 aliphatic carbocycles. The van der Waals surface area contributed by atoms with E-state index in [0.29, 0.717) is 19.0 Å². The summed E-state index contributed by atoms with van der Waals surface area (Å²) in [5.41, 5.74) is 2.25. The van der Waals surface area contributed by atoms with Crippen molar-refractivity contribution in [1.29, 1.82) is 0 Å². The van der Waals surface area contributed by atoms with Gasteiger partial charge >= 0.3 is 0 Å². The fourth-order valence-corrected chi connectivity index (χ4v) is 4.54. The van der Waals surface area contributed by atoms with Gasteiger partial charge in [0.1, 0.15) is 5.60 Å². The lowest BCUT2D eigenvalue weighted by molar-refractivity contribution is -0.121. The van der Waals surface area contributed by atoms with Gasteiger partial charge in [-0.1, -0.05) is 26.8 Å². The molecule has 32 heavy (non-hydrogen) atoms. The minimum Gasteiger partial charge on any atom is -0.471 e. The molecule has 3 N–H and O–H groups in total. The third kappa shape index (κ3) is 6.53. The zero-order valence-electron chi connectivity index (χ0n) is 19.9. The van der Waals surface area contributed by atoms with Crippen molar-refractivity contribution in [2.75, 3.05) is 19.8 Å². The van der Waals surface area contributed by atoms with E-state index >= 15 is 0 Å². The highest BCUT2D eigenvalue weighted by molar-refractivity contribution is 5.73. The van der Waals surface area contributed by atoms with Crippen molar-refractivity contribution in [3.8, 4) is 5.88 Å². The van der Waals surface area contributed by atoms with E-state index in [1.165, 1.54) is 12.5 Å². The fourth-order valence-electron chi connectivity index (χ4n) is 4.54. The first-order valence-electron chi connectivity index (χ1n) is 11.7. The SMILES string of the molecule is C=CCOC[C@H](NC(C)=O)[C@H](O)CN[C@H]1CC2(CCC2)Oc2ncc(CC(C)(C)C)cc21. The van der Waals surface area contributed by atoms with Crippen LogP contribution in [0.25, 0.3) is 0 Å². The number of aromatic nitrogens is 1. The molecule has 1 aliphatic heterocycles. The van der Waals surface area contributed by atoms with Crippen molar-refractivity contribution in [3.05, 3.63) is 36.0 Å². The Morgan fingerprint density at radius 1 is 1.47 bits per heavy atom. The molecule has 1 saturated carbocycles. The smallest absolute Gasteiger partial charge is 0.218 e. The van der Waals surface area contributed by atoms with Gasteiger partial charge in [-0.05, 0) is 42.7 Å². The molecule has 1 fully saturated rings. The predicted molar refractivity (Wildman–Crippen MR) is 125 cm³/mol. The first-order valence-corrected chi connectivity index (χ1v) is 11.7. The molecule has 3 rings (SSSR count). The number of nitrogens with zero attached hydrogens (tertiary/aromatic N) is 1. The van der Waals surface area contributed by atoms with E-state index in [9.17, 15) is 9.90 Å². The van der Waals surface area contributed by atoms with Crippen LogP contribution < -0.4 is 15.4 Å². The van der Waals surface area contributed by atoms with Crippen LogP contribution in [-0.2, 0) is 16.0 Å². The van der Waals surface area contributed by atoms with Gasteiger partial charge in [-0.2, -0.15) is 0 Å². The van der Waals surface area contributed by atoms with Crippen LogP contribution in [0.15, 0.2) is 24.9 Å². The summed E-state index contributed by atoms with van der Waals surface area (Å²) in [7, 11) is 0. The number of carbonyl (C=O) groups excluding carboxylic acids is 1. The van der Waals surface area contributed by atoms with Gasteiger partial charge in [0, 0.05) is 37.7 Å². The standard InChI is InChI=1S/C25H39N3O4/c1-6-10-31-16-21(28-17(2)29)22(30)15-26-20-13-25(8-7-9-25)32-23-19(20)11-18(14-27-23)12-24(3,4)5/h6,11,14,20-22,26,30H,1,7-10,12-13,15-16H2,2-5H3,(H,28,29)/t20-,21-,22+/m0/s1. The predicted octanol–water partition coefficient (Wildman–Crippen LogP) is 3.07. The number of aliphatic hydroxyl groups excluding tert-OH is 1. The van der Waals surface area contributed by atoms with Gasteiger partial charge < -0.3 is 25.2 Å². The number of hydrogen-bond acceptors (Lipinski definition) is 6. The lowest BCUT2D eigenvalue weighted by Crippen LogP contribution is -2.52. The van der Waals surface area contributed by atoms with Crippen molar-refractivity contribution in [3.63, 3.8) is 0 Å². The fraction of sp³-hybridized carbons (Fsp3) is 0.680. The molecule has 7 nitrogen and oxygen atoms in total. The zero-order valence-corrected chi connectivity index (χ0v) is 19.9. The van der Waals surface area contributed by atoms with E-state index in [0.717, 1.165) is 37.7 Å². The molecule has 0 aromatic carbocycles. The van der Waals surface area contributed by atoms with Gasteiger partial charge in [-0.15, -0.1) is 6.58 Å². The van der Waals surface area contributed by atoms with Crippen LogP contribution >= 0.6 is 0 Å². The summed E-state index contributed by atoms with van der Waals surface area (Å²) in [5, 5.41) is 17.1. The molecule has 1 spiro atoms. The minimum absolute atomic E-state index is 0.0354. The zero-order chi connectivity index (χ0) is 23.4. The summed E-state index contributed by atoms with van der Waals surface area (Å²) in [6.07, 6.45) is 7.79. The molecule has 7 heteroatoms. The van der Waals surface area contributed by atoms with Gasteiger partial charge in [0.25, 0.3) is 0 Å². The average Bonchev–Trinajstić information content (AvgIpc) is 2.68. The summed E-state index contributed by atoms with van der Waals surface area (Å²) in [4.78, 5) is 16.3. The largest absolute Gasteiger partial charge is 0.471 e. The number of carbonyl (C=O) groups is 1. The summed E-state index contributed by atoms with van der Waals surface area (Å²) in [6.45, 7) is 12.6. The highest BCUT2D eigenvalue weighted by Crippen LogP contribution is 2.48. The maximum absolute atomic E-state index is 11.6. The van der Waals surface area contributed by atoms with E-state index in [-0.39, 0.29) is 29.6 Å². The van der Waals surface area contributed by atoms with Crippen molar-refractivity contribution in [2.45, 2.75) is 83.6 Å². The molecule has 0 saturated heterocycles. The Kier molecular flexibility index (Phi) is 7.96. The van der Waals surface area contributed by atoms with Crippen LogP contribution in [0.2, 0.25) is 0 Å². The van der Waals surface area contributed by atoms with E-state index < -0.39 is 12.1 Å². The number of amides is 1. The number of fused-ring (bicyclic) bond motifs is 1. The molecule has 1 aromatic heterocycles.